The molecule has 6 aliphatic carbocycles. The number of carboxylic acid groups (broad SMARTS) is 1. The Balaban J connectivity index is 0.000000226. The summed E-state index contributed by atoms with van der Waals surface area (Å²) in [5.74, 6) is 1.99. The zero-order valence-corrected chi connectivity index (χ0v) is 67.2. The molecule has 3 aromatic carbocycles. The number of unbranched alkanes of at least 4 members (excludes halogenated alkanes) is 6. The van der Waals surface area contributed by atoms with Gasteiger partial charge in [0.25, 0.3) is 11.8 Å². The summed E-state index contributed by atoms with van der Waals surface area (Å²) in [7, 11) is 1.00. The lowest BCUT2D eigenvalue weighted by Gasteiger charge is -2.33. The maximum atomic E-state index is 12.4. The number of carbonyl (C=O) groups is 3. The van der Waals surface area contributed by atoms with Gasteiger partial charge in [-0.1, -0.05) is 115 Å². The Labute approximate surface area is 667 Å². The second-order valence-electron chi connectivity index (χ2n) is 32.4. The van der Waals surface area contributed by atoms with Crippen molar-refractivity contribution < 1.29 is 118 Å². The van der Waals surface area contributed by atoms with E-state index in [-0.39, 0.29) is 67.5 Å². The molecule has 17 atom stereocenters. The van der Waals surface area contributed by atoms with Gasteiger partial charge >= 0.3 is 24.5 Å². The molecule has 8 aliphatic rings. The number of nitrogens with one attached hydrogen (secondary N) is 2. The molecule has 3 saturated carbocycles. The zero-order chi connectivity index (χ0) is 83.0. The molecule has 5 fully saturated rings. The number of benzene rings is 3. The number of rotatable bonds is 36. The van der Waals surface area contributed by atoms with Crippen molar-refractivity contribution in [2.75, 3.05) is 59.8 Å². The SMILES string of the molecule is CCCCC[C@@H](O)CCC1[C@H](O)C[C@@H]2Cc3c(cccc3OCC(=O)NCC(F)(F)F)C[C@H]12.CCCCC[C@H](CCC1[C@H](O)C[C@@H]2Cc3c(cccc3OCC(=O)NCC(F)(F)F)C[C@H]12)OC1CCCCO1.CCCCC[C@H](CCC1[C@H](O)C[C@@H]2Cc3c(cccc3OCC(=O)O)C[C@H]12)OC1CCCCO1.CO.NCC(F)(F)F. The summed E-state index contributed by atoms with van der Waals surface area (Å²) < 4.78 is 147. The van der Waals surface area contributed by atoms with Crippen LogP contribution in [0.2, 0.25) is 0 Å². The number of aliphatic hydroxyl groups excluding tert-OH is 5. The van der Waals surface area contributed by atoms with E-state index in [4.69, 9.17) is 43.4 Å². The highest BCUT2D eigenvalue weighted by molar-refractivity contribution is 5.78. The summed E-state index contributed by atoms with van der Waals surface area (Å²) in [6.07, 6.45) is 17.9. The number of alkyl halides is 9. The number of hydrogen-bond acceptors (Lipinski definition) is 16. The standard InChI is InChI=1S/C30H44F3NO5.C28H42O6.C25H36F3NO4.C2H4F3N.CH4O/c1-2-3-4-9-22(39-29-11-5-6-14-37-29)12-13-23-24-15-20-8-7-10-27(25(20)16-21(24)17-26(23)35)38-18-28(36)34-19-30(31,32)33;1-2-3-4-9-21(34-28-11-5-6-14-32-28)12-13-22-23-15-19-8-7-10-26(33-18-27(30)31)24(19)16-20(23)17-25(22)29;1-2-3-4-7-18(30)9-10-19-20-11-16-6-5-8-23(21(16)12-17(20)13-22(19)31)33-14-24(32)29-15-25(26,27)28;3-2(4,5)1-6;1-2/h7-8,10,21-24,26,29,35H,2-6,9,11-19H2,1H3,(H,34,36);7-8,10,20-23,25,28-29H,2-6,9,11-18H2,1H3,(H,30,31);5-6,8,17-20,22,30-31H,2-4,7,9-15H2,1H3,(H,29,32);1,6H2;2H,1H3/t21-,22+,23?,24-,26+,29?;20-,21+,22?,23-,25+,28?;17-,18+,19?,20-,22+;;/m000../s1. The first-order chi connectivity index (χ1) is 54.5. The van der Waals surface area contributed by atoms with E-state index in [0.29, 0.717) is 72.0 Å². The summed E-state index contributed by atoms with van der Waals surface area (Å²) in [5, 5.41) is 62.8. The maximum absolute atomic E-state index is 12.4. The van der Waals surface area contributed by atoms with Gasteiger partial charge in [-0.2, -0.15) is 39.5 Å². The third-order valence-electron chi connectivity index (χ3n) is 24.2. The van der Waals surface area contributed by atoms with Crippen molar-refractivity contribution in [1.29, 1.82) is 0 Å². The van der Waals surface area contributed by atoms with Crippen molar-refractivity contribution in [1.82, 2.24) is 10.6 Å². The second-order valence-corrected chi connectivity index (χ2v) is 32.4. The number of carboxylic acids is 1. The summed E-state index contributed by atoms with van der Waals surface area (Å²) in [6.45, 7) is 2.91. The van der Waals surface area contributed by atoms with Crippen LogP contribution in [0.1, 0.15) is 228 Å². The van der Waals surface area contributed by atoms with Crippen LogP contribution in [-0.4, -0.2) is 176 Å². The van der Waals surface area contributed by atoms with Gasteiger partial charge in [0, 0.05) is 20.3 Å². The molecular formula is C86H130F9N3O16. The van der Waals surface area contributed by atoms with Crippen molar-refractivity contribution in [2.45, 2.75) is 300 Å². The van der Waals surface area contributed by atoms with E-state index in [1.807, 2.05) is 41.0 Å². The van der Waals surface area contributed by atoms with Gasteiger partial charge in [0.1, 0.15) is 30.3 Å². The number of aliphatic carboxylic acids is 1. The molecule has 28 heteroatoms. The third kappa shape index (κ3) is 32.0. The van der Waals surface area contributed by atoms with Gasteiger partial charge < -0.3 is 80.2 Å². The van der Waals surface area contributed by atoms with Crippen LogP contribution in [0.3, 0.4) is 0 Å². The number of amides is 2. The topological polar surface area (TPSA) is 287 Å². The minimum atomic E-state index is -4.46. The Hall–Kier alpha value is -5.56. The number of carbonyl (C=O) groups excluding carboxylic acids is 2. The molecule has 0 aromatic heterocycles. The Morgan fingerprint density at radius 3 is 1.14 bits per heavy atom. The van der Waals surface area contributed by atoms with Crippen LogP contribution in [0.15, 0.2) is 54.6 Å². The first-order valence-corrected chi connectivity index (χ1v) is 42.1. The van der Waals surface area contributed by atoms with Crippen molar-refractivity contribution in [2.24, 2.45) is 59.0 Å². The minimum absolute atomic E-state index is 0.0626. The van der Waals surface area contributed by atoms with E-state index in [1.165, 1.54) is 44.1 Å². The van der Waals surface area contributed by atoms with Crippen LogP contribution in [0.4, 0.5) is 39.5 Å². The smallest absolute Gasteiger partial charge is 0.405 e. The van der Waals surface area contributed by atoms with E-state index in [9.17, 15) is 74.3 Å². The maximum Gasteiger partial charge on any atom is 0.405 e. The first kappa shape index (κ1) is 95.6. The van der Waals surface area contributed by atoms with E-state index in [1.54, 1.807) is 12.1 Å². The minimum Gasteiger partial charge on any atom is -0.483 e. The average Bonchev–Trinajstić information content (AvgIpc) is 1.61. The van der Waals surface area contributed by atoms with Crippen molar-refractivity contribution in [3.8, 4) is 17.2 Å². The molecule has 2 heterocycles. The number of ether oxygens (including phenoxy) is 7. The fourth-order valence-corrected chi connectivity index (χ4v) is 18.5. The molecule has 11 rings (SSSR count). The van der Waals surface area contributed by atoms with Gasteiger partial charge in [-0.05, 0) is 259 Å². The molecule has 0 bridgehead atoms. The van der Waals surface area contributed by atoms with Gasteiger partial charge in [0.15, 0.2) is 32.4 Å². The first-order valence-electron chi connectivity index (χ1n) is 42.1. The average molecular weight is 1630 g/mol. The van der Waals surface area contributed by atoms with Crippen LogP contribution >= 0.6 is 0 Å². The van der Waals surface area contributed by atoms with Gasteiger partial charge in [0.2, 0.25) is 0 Å². The highest BCUT2D eigenvalue weighted by atomic mass is 19.4. The van der Waals surface area contributed by atoms with Gasteiger partial charge in [-0.25, -0.2) is 4.79 Å². The summed E-state index contributed by atoms with van der Waals surface area (Å²) in [6, 6.07) is 17.2. The lowest BCUT2D eigenvalue weighted by molar-refractivity contribution is -0.191. The number of fused-ring (bicyclic) bond motifs is 6. The summed E-state index contributed by atoms with van der Waals surface area (Å²) >= 11 is 0. The van der Waals surface area contributed by atoms with Crippen LogP contribution in [-0.2, 0) is 71.9 Å². The molecule has 0 spiro atoms. The molecule has 3 aromatic rings. The Morgan fingerprint density at radius 2 is 0.825 bits per heavy atom. The largest absolute Gasteiger partial charge is 0.483 e. The van der Waals surface area contributed by atoms with E-state index in [2.05, 4.69) is 38.6 Å². The highest BCUT2D eigenvalue weighted by Gasteiger charge is 2.48. The molecule has 5 unspecified atom stereocenters. The second kappa shape index (κ2) is 48.5. The lowest BCUT2D eigenvalue weighted by atomic mass is 9.73. The van der Waals surface area contributed by atoms with Crippen LogP contribution < -0.4 is 30.6 Å². The van der Waals surface area contributed by atoms with Gasteiger partial charge in [-0.15, -0.1) is 0 Å². The normalized spacial score (nSPS) is 26.1. The van der Waals surface area contributed by atoms with Crippen molar-refractivity contribution in [3.05, 3.63) is 88.0 Å². The van der Waals surface area contributed by atoms with Crippen LogP contribution in [0.5, 0.6) is 17.2 Å². The molecule has 114 heavy (non-hydrogen) atoms. The van der Waals surface area contributed by atoms with Gasteiger partial charge in [0.05, 0.1) is 43.2 Å². The molecule has 648 valence electrons. The third-order valence-corrected chi connectivity index (χ3v) is 24.2. The van der Waals surface area contributed by atoms with Crippen molar-refractivity contribution in [3.63, 3.8) is 0 Å². The molecule has 19 nitrogen and oxygen atoms in total. The molecule has 2 aliphatic heterocycles. The van der Waals surface area contributed by atoms with E-state index >= 15 is 0 Å². The molecule has 2 saturated heterocycles. The number of halogens is 9. The summed E-state index contributed by atoms with van der Waals surface area (Å²) in [4.78, 5) is 34.5. The fraction of sp³-hybridized carbons (Fsp3) is 0.756. The molecule has 2 amide bonds. The van der Waals surface area contributed by atoms with Crippen molar-refractivity contribution >= 4 is 17.8 Å². The predicted molar refractivity (Wildman–Crippen MR) is 413 cm³/mol. The monoisotopic (exact) mass is 1630 g/mol. The number of hydrogen-bond donors (Lipinski definition) is 9. The number of aliphatic hydroxyl groups is 5. The van der Waals surface area contributed by atoms with Crippen LogP contribution in [0, 0.1) is 53.3 Å². The Morgan fingerprint density at radius 1 is 0.482 bits per heavy atom. The van der Waals surface area contributed by atoms with Crippen LogP contribution in [0.25, 0.3) is 0 Å². The molecular weight excluding hydrogens is 1500 g/mol. The molecule has 0 radical (unpaired) electrons. The highest BCUT2D eigenvalue weighted by Crippen LogP contribution is 2.52. The van der Waals surface area contributed by atoms with Gasteiger partial charge in [-0.3, -0.25) is 9.59 Å². The molecule has 10 N–H and O–H groups in total. The predicted octanol–water partition coefficient (Wildman–Crippen LogP) is 15.2. The quantitative estimate of drug-likeness (QED) is 0.0193. The Kier molecular flexibility index (Phi) is 40.7. The Bertz CT molecular complexity index is 3290. The lowest BCUT2D eigenvalue weighted by Crippen LogP contribution is -2.36. The fourth-order valence-electron chi connectivity index (χ4n) is 18.5. The number of nitrogens with two attached hydrogens (primary N) is 1. The van der Waals surface area contributed by atoms with E-state index < -0.39 is 75.3 Å². The zero-order valence-electron chi connectivity index (χ0n) is 67.2. The summed E-state index contributed by atoms with van der Waals surface area (Å²) in [5.41, 5.74) is 10.8. The van der Waals surface area contributed by atoms with E-state index in [0.717, 1.165) is 202 Å².